The van der Waals surface area contributed by atoms with Crippen molar-refractivity contribution in [2.24, 2.45) is 4.99 Å². The predicted molar refractivity (Wildman–Crippen MR) is 151 cm³/mol. The van der Waals surface area contributed by atoms with Crippen LogP contribution in [0.15, 0.2) is 41.4 Å². The Kier molecular flexibility index (Phi) is 9.06. The van der Waals surface area contributed by atoms with E-state index < -0.39 is 0 Å². The first-order chi connectivity index (χ1) is 18.0. The van der Waals surface area contributed by atoms with E-state index in [0.717, 1.165) is 66.3 Å². The molecular weight excluding hydrogens is 486 g/mol. The van der Waals surface area contributed by atoms with Crippen LogP contribution in [0.3, 0.4) is 0 Å². The van der Waals surface area contributed by atoms with Crippen LogP contribution in [0.2, 0.25) is 0 Å². The lowest BCUT2D eigenvalue weighted by Gasteiger charge is -2.13. The molecule has 2 aromatic heterocycles. The number of hydrogen-bond donors (Lipinski definition) is 3. The second kappa shape index (κ2) is 12.6. The van der Waals surface area contributed by atoms with E-state index in [-0.39, 0.29) is 11.5 Å². The Bertz CT molecular complexity index is 1430. The number of isothiocyanates is 1. The number of unbranched alkanes of at least 4 members (excludes halogenated alkanes) is 1. The Morgan fingerprint density at radius 3 is 2.70 bits per heavy atom. The molecule has 37 heavy (non-hydrogen) atoms. The molecule has 0 aliphatic heterocycles. The quantitative estimate of drug-likeness (QED) is 0.0935. The molecule has 4 rings (SSSR count). The van der Waals surface area contributed by atoms with Gasteiger partial charge in [-0.3, -0.25) is 0 Å². The van der Waals surface area contributed by atoms with Crippen molar-refractivity contribution < 1.29 is 14.9 Å². The second-order valence-corrected chi connectivity index (χ2v) is 9.30. The van der Waals surface area contributed by atoms with Crippen molar-refractivity contribution in [1.29, 1.82) is 0 Å². The summed E-state index contributed by atoms with van der Waals surface area (Å²) < 4.78 is 7.78. The first-order valence-electron chi connectivity index (χ1n) is 12.7. The normalized spacial score (nSPS) is 11.3. The number of aromatic hydroxyl groups is 2. The minimum atomic E-state index is 0.107. The fourth-order valence-corrected chi connectivity index (χ4v) is 4.59. The van der Waals surface area contributed by atoms with Gasteiger partial charge in [-0.25, -0.2) is 15.0 Å². The summed E-state index contributed by atoms with van der Waals surface area (Å²) in [6.45, 7) is 4.49. The molecule has 0 saturated heterocycles. The van der Waals surface area contributed by atoms with Crippen LogP contribution >= 0.6 is 12.2 Å². The number of thiocarbonyl (C=S) groups is 1. The number of hydrogen-bond acceptors (Lipinski definition) is 8. The van der Waals surface area contributed by atoms with Gasteiger partial charge in [0.05, 0.1) is 29.3 Å². The van der Waals surface area contributed by atoms with Crippen molar-refractivity contribution in [3.63, 3.8) is 0 Å². The Labute approximate surface area is 221 Å². The van der Waals surface area contributed by atoms with E-state index in [0.29, 0.717) is 43.2 Å². The van der Waals surface area contributed by atoms with E-state index in [1.165, 1.54) is 12.1 Å². The van der Waals surface area contributed by atoms with E-state index in [2.05, 4.69) is 57.0 Å². The van der Waals surface area contributed by atoms with Crippen LogP contribution in [-0.4, -0.2) is 49.7 Å². The van der Waals surface area contributed by atoms with Gasteiger partial charge in [-0.05, 0) is 67.7 Å². The molecular formula is C28H33N5O3S. The number of fused-ring (bicyclic) bond motifs is 3. The first kappa shape index (κ1) is 26.5. The third-order valence-electron chi connectivity index (χ3n) is 6.37. The number of nitrogen functional groups attached to an aromatic ring is 1. The average molecular weight is 520 g/mol. The van der Waals surface area contributed by atoms with Crippen LogP contribution in [0, 0.1) is 0 Å². The number of anilines is 1. The predicted octanol–water partition coefficient (Wildman–Crippen LogP) is 5.41. The molecule has 0 bridgehead atoms. The number of phenols is 2. The smallest absolute Gasteiger partial charge is 0.152 e. The molecule has 0 aliphatic rings. The van der Waals surface area contributed by atoms with Gasteiger partial charge in [0.1, 0.15) is 22.8 Å². The largest absolute Gasteiger partial charge is 0.508 e. The zero-order valence-corrected chi connectivity index (χ0v) is 21.9. The topological polar surface area (TPSA) is 119 Å². The highest BCUT2D eigenvalue weighted by atomic mass is 32.1. The van der Waals surface area contributed by atoms with Crippen LogP contribution < -0.4 is 5.73 Å². The van der Waals surface area contributed by atoms with Crippen LogP contribution in [0.5, 0.6) is 11.5 Å². The fraction of sp³-hybridized carbons (Fsp3) is 0.393. The number of aryl methyl sites for hydroxylation is 2. The monoisotopic (exact) mass is 519 g/mol. The highest BCUT2D eigenvalue weighted by Crippen LogP contribution is 2.32. The number of imidazole rings is 1. The molecule has 4 aromatic rings. The summed E-state index contributed by atoms with van der Waals surface area (Å²) in [5.74, 6) is 1.51. The Hall–Kier alpha value is -3.52. The lowest BCUT2D eigenvalue weighted by molar-refractivity contribution is 0.131. The van der Waals surface area contributed by atoms with Crippen LogP contribution in [0.25, 0.3) is 21.9 Å². The van der Waals surface area contributed by atoms with Crippen LogP contribution in [0.4, 0.5) is 5.82 Å². The van der Waals surface area contributed by atoms with Crippen molar-refractivity contribution in [3.8, 4) is 11.5 Å². The van der Waals surface area contributed by atoms with Gasteiger partial charge in [0.2, 0.25) is 0 Å². The molecule has 8 nitrogen and oxygen atoms in total. The molecule has 0 saturated carbocycles. The Morgan fingerprint density at radius 1 is 1.05 bits per heavy atom. The number of nitrogens with two attached hydrogens (primary N) is 1. The van der Waals surface area contributed by atoms with Gasteiger partial charge in [0.25, 0.3) is 0 Å². The molecule has 0 aliphatic carbocycles. The molecule has 0 spiro atoms. The van der Waals surface area contributed by atoms with Crippen molar-refractivity contribution in [2.75, 3.05) is 25.5 Å². The maximum absolute atomic E-state index is 10.4. The second-order valence-electron chi connectivity index (χ2n) is 9.12. The van der Waals surface area contributed by atoms with Gasteiger partial charge >= 0.3 is 0 Å². The number of phenolic OH excluding ortho intramolecular Hbond substituents is 2. The number of ether oxygens (including phenoxy) is 1. The Balaban J connectivity index is 1.63. The lowest BCUT2D eigenvalue weighted by atomic mass is 10.1. The first-order valence-corrected chi connectivity index (χ1v) is 13.1. The number of aromatic nitrogens is 3. The molecule has 0 radical (unpaired) electrons. The van der Waals surface area contributed by atoms with Gasteiger partial charge < -0.3 is 25.3 Å². The van der Waals surface area contributed by atoms with Crippen molar-refractivity contribution >= 4 is 45.1 Å². The number of rotatable bonds is 13. The van der Waals surface area contributed by atoms with E-state index in [9.17, 15) is 10.2 Å². The SMILES string of the molecule is CCCCc1nc2c(N)nc3cc(CCCOCCCN=C=S)ccc3c2n1Cc1cc(O)ccc1O. The van der Waals surface area contributed by atoms with Gasteiger partial charge in [0.15, 0.2) is 5.82 Å². The molecule has 9 heteroatoms. The minimum Gasteiger partial charge on any atom is -0.508 e. The molecule has 0 fully saturated rings. The molecule has 0 atom stereocenters. The van der Waals surface area contributed by atoms with E-state index in [1.54, 1.807) is 6.07 Å². The third-order valence-corrected chi connectivity index (χ3v) is 6.50. The number of aliphatic imine (C=N–C) groups is 1. The molecule has 0 unspecified atom stereocenters. The maximum atomic E-state index is 10.4. The molecule has 0 amide bonds. The maximum Gasteiger partial charge on any atom is 0.152 e. The minimum absolute atomic E-state index is 0.107. The standard InChI is InChI=1S/C28H33N5O3S/c1-2-3-7-25-32-26-27(33(25)17-20-16-21(34)9-11-24(20)35)22-10-8-19(15-23(22)31-28(26)29)6-4-13-36-14-5-12-30-18-37/h8-11,15-16,34-35H,2-7,12-14,17H2,1H3,(H2,29,31). The molecule has 2 aromatic carbocycles. The summed E-state index contributed by atoms with van der Waals surface area (Å²) >= 11 is 4.56. The third kappa shape index (κ3) is 6.43. The summed E-state index contributed by atoms with van der Waals surface area (Å²) in [6, 6.07) is 10.8. The molecule has 2 heterocycles. The van der Waals surface area contributed by atoms with Crippen LogP contribution in [-0.2, 0) is 24.1 Å². The van der Waals surface area contributed by atoms with Crippen molar-refractivity contribution in [3.05, 3.63) is 53.3 Å². The number of benzene rings is 2. The molecule has 4 N–H and O–H groups in total. The van der Waals surface area contributed by atoms with E-state index in [1.807, 2.05) is 0 Å². The van der Waals surface area contributed by atoms with Gasteiger partial charge in [-0.2, -0.15) is 0 Å². The van der Waals surface area contributed by atoms with Crippen LogP contribution in [0.1, 0.15) is 49.6 Å². The lowest BCUT2D eigenvalue weighted by Crippen LogP contribution is -2.06. The zero-order chi connectivity index (χ0) is 26.2. The molecule has 194 valence electrons. The summed E-state index contributed by atoms with van der Waals surface area (Å²) in [4.78, 5) is 13.4. The summed E-state index contributed by atoms with van der Waals surface area (Å²) in [5.41, 5.74) is 10.6. The summed E-state index contributed by atoms with van der Waals surface area (Å²) in [5, 5.41) is 23.8. The van der Waals surface area contributed by atoms with Gasteiger partial charge in [-0.15, -0.1) is 0 Å². The van der Waals surface area contributed by atoms with Gasteiger partial charge in [0, 0.05) is 30.6 Å². The van der Waals surface area contributed by atoms with E-state index >= 15 is 0 Å². The number of pyridine rings is 1. The highest BCUT2D eigenvalue weighted by molar-refractivity contribution is 7.78. The van der Waals surface area contributed by atoms with Gasteiger partial charge in [-0.1, -0.05) is 25.5 Å². The Morgan fingerprint density at radius 2 is 1.89 bits per heavy atom. The van der Waals surface area contributed by atoms with E-state index in [4.69, 9.17) is 15.5 Å². The van der Waals surface area contributed by atoms with Crippen molar-refractivity contribution in [2.45, 2.75) is 52.0 Å². The summed E-state index contributed by atoms with van der Waals surface area (Å²) in [6.07, 6.45) is 5.39. The average Bonchev–Trinajstić information content (AvgIpc) is 3.25. The van der Waals surface area contributed by atoms with Crippen molar-refractivity contribution in [1.82, 2.24) is 14.5 Å². The fourth-order valence-electron chi connectivity index (χ4n) is 4.50. The summed E-state index contributed by atoms with van der Waals surface area (Å²) in [7, 11) is 0. The number of nitrogens with zero attached hydrogens (tertiary/aromatic N) is 4. The zero-order valence-electron chi connectivity index (χ0n) is 21.1. The highest BCUT2D eigenvalue weighted by Gasteiger charge is 2.19.